The first kappa shape index (κ1) is 59.0. The van der Waals surface area contributed by atoms with Crippen molar-refractivity contribution in [2.24, 2.45) is 0 Å². The molecule has 0 spiro atoms. The van der Waals surface area contributed by atoms with Crippen LogP contribution in [0.15, 0.2) is 285 Å². The van der Waals surface area contributed by atoms with Crippen molar-refractivity contribution in [1.82, 2.24) is 0 Å². The van der Waals surface area contributed by atoms with Crippen molar-refractivity contribution in [1.29, 1.82) is 0 Å². The lowest BCUT2D eigenvalue weighted by molar-refractivity contribution is 0.466. The first-order chi connectivity index (χ1) is 46.5. The van der Waals surface area contributed by atoms with E-state index in [0.717, 1.165) is 135 Å². The van der Waals surface area contributed by atoms with Crippen LogP contribution in [0.4, 0.5) is 34.1 Å². The van der Waals surface area contributed by atoms with Crippen LogP contribution in [0.5, 0.6) is 23.0 Å². The van der Waals surface area contributed by atoms with Crippen LogP contribution >= 0.6 is 0 Å². The molecule has 4 aliphatic heterocycles. The molecule has 462 valence electrons. The van der Waals surface area contributed by atoms with Crippen LogP contribution in [0.25, 0.3) is 66.8 Å². The molecule has 96 heavy (non-hydrogen) atoms. The molecule has 4 nitrogen and oxygen atoms in total. The highest BCUT2D eigenvalue weighted by Crippen LogP contribution is 2.57. The zero-order chi connectivity index (χ0) is 65.4. The monoisotopic (exact) mass is 1240 g/mol. The minimum Gasteiger partial charge on any atom is -0.458 e. The molecule has 0 aromatic heterocycles. The van der Waals surface area contributed by atoms with Crippen molar-refractivity contribution in [3.8, 4) is 89.8 Å². The zero-order valence-corrected chi connectivity index (χ0v) is 56.0. The van der Waals surface area contributed by atoms with E-state index < -0.39 is 0 Å². The summed E-state index contributed by atoms with van der Waals surface area (Å²) in [6, 6.07) is 106. The van der Waals surface area contributed by atoms with E-state index in [4.69, 9.17) is 9.47 Å². The fraction of sp³-hybridized carbons (Fsp3) is 0.133. The minimum absolute atomic E-state index is 0.181. The van der Waals surface area contributed by atoms with Crippen LogP contribution < -0.4 is 52.1 Å². The van der Waals surface area contributed by atoms with Gasteiger partial charge in [-0.25, -0.2) is 0 Å². The van der Waals surface area contributed by atoms with E-state index >= 15 is 0 Å². The summed E-state index contributed by atoms with van der Waals surface area (Å²) in [7, 11) is 0. The number of anilines is 6. The highest BCUT2D eigenvalue weighted by Gasteiger charge is 2.51. The predicted octanol–water partition coefficient (Wildman–Crippen LogP) is 20.4. The Morgan fingerprint density at radius 1 is 0.250 bits per heavy atom. The summed E-state index contributed by atoms with van der Waals surface area (Å²) in [6.45, 7) is 20.6. The maximum atomic E-state index is 7.88. The Hall–Kier alpha value is -10.8. The van der Waals surface area contributed by atoms with E-state index in [1.807, 2.05) is 0 Å². The van der Waals surface area contributed by atoms with Crippen LogP contribution in [-0.4, -0.2) is 13.4 Å². The van der Waals surface area contributed by atoms with E-state index in [0.29, 0.717) is 0 Å². The molecule has 6 heteroatoms. The van der Waals surface area contributed by atoms with E-state index in [1.165, 1.54) is 38.7 Å². The zero-order valence-electron chi connectivity index (χ0n) is 56.0. The van der Waals surface area contributed by atoms with E-state index in [2.05, 4.69) is 357 Å². The van der Waals surface area contributed by atoms with Gasteiger partial charge in [0.25, 0.3) is 13.4 Å². The quantitative estimate of drug-likeness (QED) is 0.142. The van der Waals surface area contributed by atoms with Crippen molar-refractivity contribution in [3.05, 3.63) is 302 Å². The fourth-order valence-electron chi connectivity index (χ4n) is 15.6. The second-order valence-corrected chi connectivity index (χ2v) is 29.5. The minimum atomic E-state index is -0.365. The number of rotatable bonds is 8. The Labute approximate surface area is 566 Å². The standard InChI is InChI=1S/C90H74B2N2O2/c1-88(2,3)63-50-68(58-33-17-11-18-34-58)84(69(51-63)59-35-19-12-20-36-59)93-76-48-47-62(67-42-26-25-41-66(67)57-31-15-10-16-32-57)49-74(76)92-75-56-81-83-87(96-80-46-30-28-44-73(80)91(83)72-43-27-29-45-79(72)95-81)86(75)94(78-55-65(90(7,8)9)54-77(93)82(78)92)85-70(60-37-21-13-22-38-60)52-64(89(4,5)6)53-71(85)61-39-23-14-24-40-61/h10-56H,1-9H3. The fourth-order valence-corrected chi connectivity index (χ4v) is 15.6. The lowest BCUT2D eigenvalue weighted by atomic mass is 9.31. The number of hydrogen-bond acceptors (Lipinski definition) is 4. The van der Waals surface area contributed by atoms with Gasteiger partial charge in [0.05, 0.1) is 17.1 Å². The molecule has 0 saturated carbocycles. The molecule has 0 bridgehead atoms. The summed E-state index contributed by atoms with van der Waals surface area (Å²) in [5, 5.41) is 0. The third kappa shape index (κ3) is 9.66. The van der Waals surface area contributed by atoms with Gasteiger partial charge in [-0.05, 0) is 165 Å². The molecular weight excluding hydrogens is 1160 g/mol. The normalized spacial score (nSPS) is 13.3. The van der Waals surface area contributed by atoms with Crippen LogP contribution in [0.1, 0.15) is 79.0 Å². The van der Waals surface area contributed by atoms with Crippen LogP contribution in [0.3, 0.4) is 0 Å². The average Bonchev–Trinajstić information content (AvgIpc) is 0.676. The van der Waals surface area contributed by atoms with Crippen molar-refractivity contribution in [2.75, 3.05) is 9.80 Å². The summed E-state index contributed by atoms with van der Waals surface area (Å²) < 4.78 is 15.4. The topological polar surface area (TPSA) is 24.9 Å². The van der Waals surface area contributed by atoms with E-state index in [9.17, 15) is 0 Å². The summed E-state index contributed by atoms with van der Waals surface area (Å²) in [6.07, 6.45) is 0. The van der Waals surface area contributed by atoms with Gasteiger partial charge in [-0.2, -0.15) is 0 Å². The summed E-state index contributed by atoms with van der Waals surface area (Å²) in [5.41, 5.74) is 30.0. The smallest absolute Gasteiger partial charge is 0.260 e. The van der Waals surface area contributed by atoms with Crippen molar-refractivity contribution in [2.45, 2.75) is 78.6 Å². The molecule has 0 radical (unpaired) electrons. The van der Waals surface area contributed by atoms with Crippen LogP contribution in [0.2, 0.25) is 0 Å². The molecule has 13 aromatic rings. The second kappa shape index (κ2) is 22.4. The first-order valence-corrected chi connectivity index (χ1v) is 34.0. The molecule has 0 saturated heterocycles. The Kier molecular flexibility index (Phi) is 13.8. The Balaban J connectivity index is 1.09. The number of ether oxygens (including phenoxy) is 2. The molecule has 17 rings (SSSR count). The van der Waals surface area contributed by atoms with Crippen molar-refractivity contribution < 1.29 is 9.47 Å². The van der Waals surface area contributed by atoms with Crippen LogP contribution in [0, 0.1) is 0 Å². The van der Waals surface area contributed by atoms with Gasteiger partial charge in [0.15, 0.2) is 0 Å². The van der Waals surface area contributed by atoms with Crippen molar-refractivity contribution in [3.63, 3.8) is 0 Å². The van der Waals surface area contributed by atoms with Crippen molar-refractivity contribution >= 4 is 80.3 Å². The van der Waals surface area contributed by atoms with Gasteiger partial charge in [0, 0.05) is 44.8 Å². The molecule has 0 atom stereocenters. The van der Waals surface area contributed by atoms with Gasteiger partial charge in [0.1, 0.15) is 23.0 Å². The Bertz CT molecular complexity index is 5110. The SMILES string of the molecule is CC(C)(C)c1cc(-c2ccccc2)c(N2c3ccc(-c4ccccc4-c4ccccc4)cc3B3c4cc5c6c(c4N(c4c(-c7ccccc7)cc(C(C)(C)C)cc4-c4ccccc4)c4cc(C(C)(C)C)cc2c43)Oc2ccccc2B6c2ccccc2O5)c(-c2ccccc2)c1. The van der Waals surface area contributed by atoms with E-state index in [-0.39, 0.29) is 29.7 Å². The molecule has 13 aromatic carbocycles. The molecule has 0 aliphatic carbocycles. The second-order valence-electron chi connectivity index (χ2n) is 29.5. The maximum Gasteiger partial charge on any atom is 0.260 e. The number of para-hydroxylation sites is 2. The number of benzene rings is 13. The Morgan fingerprint density at radius 3 is 1.07 bits per heavy atom. The largest absolute Gasteiger partial charge is 0.458 e. The average molecular weight is 1240 g/mol. The lowest BCUT2D eigenvalue weighted by Gasteiger charge is -2.48. The van der Waals surface area contributed by atoms with E-state index in [1.54, 1.807) is 0 Å². The molecule has 0 N–H and O–H groups in total. The molecule has 4 aliphatic rings. The summed E-state index contributed by atoms with van der Waals surface area (Å²) >= 11 is 0. The van der Waals surface area contributed by atoms with Gasteiger partial charge in [0.2, 0.25) is 0 Å². The first-order valence-electron chi connectivity index (χ1n) is 34.0. The van der Waals surface area contributed by atoms with Crippen LogP contribution in [-0.2, 0) is 16.2 Å². The maximum absolute atomic E-state index is 7.88. The number of fused-ring (bicyclic) bond motifs is 9. The third-order valence-electron chi connectivity index (χ3n) is 20.4. The molecular formula is C90H74B2N2O2. The third-order valence-corrected chi connectivity index (χ3v) is 20.4. The summed E-state index contributed by atoms with van der Waals surface area (Å²) in [4.78, 5) is 5.36. The number of hydrogen-bond donors (Lipinski definition) is 0. The molecule has 0 amide bonds. The highest BCUT2D eigenvalue weighted by atomic mass is 16.5. The summed E-state index contributed by atoms with van der Waals surface area (Å²) in [5.74, 6) is 3.30. The van der Waals surface area contributed by atoms with Gasteiger partial charge in [-0.1, -0.05) is 287 Å². The lowest BCUT2D eigenvalue weighted by Crippen LogP contribution is -2.63. The predicted molar refractivity (Wildman–Crippen MR) is 407 cm³/mol. The van der Waals surface area contributed by atoms with Gasteiger partial charge in [-0.15, -0.1) is 0 Å². The van der Waals surface area contributed by atoms with Gasteiger partial charge in [-0.3, -0.25) is 0 Å². The molecule has 4 heterocycles. The molecule has 0 unspecified atom stereocenters. The Morgan fingerprint density at radius 2 is 0.615 bits per heavy atom. The van der Waals surface area contributed by atoms with Gasteiger partial charge >= 0.3 is 0 Å². The molecule has 0 fully saturated rings. The highest BCUT2D eigenvalue weighted by molar-refractivity contribution is 7.02. The number of nitrogens with zero attached hydrogens (tertiary/aromatic N) is 2. The van der Waals surface area contributed by atoms with Gasteiger partial charge < -0.3 is 19.3 Å².